The van der Waals surface area contributed by atoms with Gasteiger partial charge < -0.3 is 9.32 Å². The fraction of sp³-hybridized carbons (Fsp3) is 0.0926. The van der Waals surface area contributed by atoms with Crippen molar-refractivity contribution in [2.45, 2.75) is 31.6 Å². The first kappa shape index (κ1) is 34.5. The van der Waals surface area contributed by atoms with E-state index in [1.54, 1.807) is 0 Å². The molecule has 0 unspecified atom stereocenters. The van der Waals surface area contributed by atoms with Gasteiger partial charge in [-0.15, -0.1) is 0 Å². The molecule has 0 saturated heterocycles. The Kier molecular flexibility index (Phi) is 8.27. The summed E-state index contributed by atoms with van der Waals surface area (Å²) in [6, 6.07) is 72.1. The van der Waals surface area contributed by atoms with Crippen LogP contribution >= 0.6 is 0 Å². The first-order valence-corrected chi connectivity index (χ1v) is 19.7. The predicted octanol–water partition coefficient (Wildman–Crippen LogP) is 14.3. The number of fused-ring (bicyclic) bond motifs is 4. The Labute approximate surface area is 334 Å². The van der Waals surface area contributed by atoms with Crippen LogP contribution in [0.2, 0.25) is 0 Å². The molecule has 0 saturated carbocycles. The van der Waals surface area contributed by atoms with E-state index < -0.39 is 5.41 Å². The average Bonchev–Trinajstić information content (AvgIpc) is 3.82. The summed E-state index contributed by atoms with van der Waals surface area (Å²) in [7, 11) is 0. The van der Waals surface area contributed by atoms with Gasteiger partial charge in [0.25, 0.3) is 0 Å². The van der Waals surface area contributed by atoms with Crippen LogP contribution in [0.5, 0.6) is 0 Å². The summed E-state index contributed by atoms with van der Waals surface area (Å²) < 4.78 is 6.55. The van der Waals surface area contributed by atoms with Gasteiger partial charge in [-0.2, -0.15) is 0 Å². The molecule has 1 aliphatic carbocycles. The Hall–Kier alpha value is -6.97. The Morgan fingerprint density at radius 2 is 0.982 bits per heavy atom. The van der Waals surface area contributed by atoms with E-state index >= 15 is 0 Å². The third-order valence-corrected chi connectivity index (χ3v) is 11.6. The molecule has 1 heterocycles. The quantitative estimate of drug-likeness (QED) is 0.163. The minimum Gasteiger partial charge on any atom is -0.436 e. The largest absolute Gasteiger partial charge is 0.436 e. The van der Waals surface area contributed by atoms with Crippen molar-refractivity contribution in [3.05, 3.63) is 228 Å². The number of rotatable bonds is 7. The van der Waals surface area contributed by atoms with Gasteiger partial charge in [-0.25, -0.2) is 4.98 Å². The second-order valence-electron chi connectivity index (χ2n) is 16.0. The van der Waals surface area contributed by atoms with E-state index in [-0.39, 0.29) is 5.41 Å². The highest BCUT2D eigenvalue weighted by atomic mass is 16.3. The van der Waals surface area contributed by atoms with Crippen molar-refractivity contribution in [1.29, 1.82) is 0 Å². The van der Waals surface area contributed by atoms with Crippen molar-refractivity contribution in [3.63, 3.8) is 0 Å². The summed E-state index contributed by atoms with van der Waals surface area (Å²) in [5.74, 6) is 0.605. The minimum absolute atomic E-state index is 0.0299. The first-order valence-electron chi connectivity index (χ1n) is 19.7. The Morgan fingerprint density at radius 1 is 0.456 bits per heavy atom. The zero-order valence-electron chi connectivity index (χ0n) is 32.4. The molecule has 0 radical (unpaired) electrons. The van der Waals surface area contributed by atoms with E-state index in [4.69, 9.17) is 9.40 Å². The van der Waals surface area contributed by atoms with Gasteiger partial charge in [0, 0.05) is 28.7 Å². The van der Waals surface area contributed by atoms with Crippen molar-refractivity contribution >= 4 is 28.2 Å². The van der Waals surface area contributed by atoms with Gasteiger partial charge in [0.15, 0.2) is 5.58 Å². The molecular weight excluding hydrogens is 693 g/mol. The molecule has 0 fully saturated rings. The van der Waals surface area contributed by atoms with Gasteiger partial charge in [0.2, 0.25) is 5.89 Å². The second kappa shape index (κ2) is 13.6. The summed E-state index contributed by atoms with van der Waals surface area (Å²) >= 11 is 0. The molecule has 9 aromatic rings. The maximum Gasteiger partial charge on any atom is 0.227 e. The topological polar surface area (TPSA) is 29.3 Å². The van der Waals surface area contributed by atoms with E-state index in [9.17, 15) is 0 Å². The van der Waals surface area contributed by atoms with E-state index in [0.29, 0.717) is 5.89 Å². The van der Waals surface area contributed by atoms with E-state index in [1.165, 1.54) is 44.5 Å². The lowest BCUT2D eigenvalue weighted by Gasteiger charge is -2.35. The van der Waals surface area contributed by atoms with E-state index in [1.807, 2.05) is 6.07 Å². The van der Waals surface area contributed by atoms with Gasteiger partial charge in [-0.1, -0.05) is 166 Å². The van der Waals surface area contributed by atoms with Gasteiger partial charge >= 0.3 is 0 Å². The standard InChI is InChI=1S/C54H42N2O/c1-53(2,3)40-27-29-43(30-28-40)56(45-32-34-50-51(36-45)57-52(55-50)39-25-23-38(24-26-39)37-15-7-4-8-16-37)44-31-33-47-46-21-13-14-22-48(46)54(49(47)35-44,41-17-9-5-10-18-41)42-19-11-6-12-20-42/h4-36H,1-3H3. The fourth-order valence-electron chi connectivity index (χ4n) is 8.74. The molecule has 1 aromatic heterocycles. The number of hydrogen-bond donors (Lipinski definition) is 0. The molecule has 10 rings (SSSR count). The van der Waals surface area contributed by atoms with Crippen molar-refractivity contribution in [2.24, 2.45) is 0 Å². The molecule has 3 nitrogen and oxygen atoms in total. The Balaban J connectivity index is 1.14. The molecule has 0 bridgehead atoms. The van der Waals surface area contributed by atoms with Crippen LogP contribution in [0.25, 0.3) is 44.8 Å². The lowest BCUT2D eigenvalue weighted by molar-refractivity contribution is 0.590. The first-order chi connectivity index (χ1) is 27.9. The summed E-state index contributed by atoms with van der Waals surface area (Å²) in [4.78, 5) is 7.30. The van der Waals surface area contributed by atoms with Crippen molar-refractivity contribution in [2.75, 3.05) is 4.90 Å². The monoisotopic (exact) mass is 734 g/mol. The molecule has 0 amide bonds. The minimum atomic E-state index is -0.508. The molecule has 57 heavy (non-hydrogen) atoms. The summed E-state index contributed by atoms with van der Waals surface area (Å²) in [5.41, 5.74) is 16.3. The smallest absolute Gasteiger partial charge is 0.227 e. The van der Waals surface area contributed by atoms with Crippen LogP contribution in [-0.2, 0) is 10.8 Å². The molecule has 0 N–H and O–H groups in total. The SMILES string of the molecule is CC(C)(C)c1ccc(N(c2ccc3c(c2)C(c2ccccc2)(c2ccccc2)c2ccccc2-3)c2ccc3nc(-c4ccc(-c5ccccc5)cc4)oc3c2)cc1. The van der Waals surface area contributed by atoms with Crippen molar-refractivity contribution in [3.8, 4) is 33.7 Å². The van der Waals surface area contributed by atoms with Crippen LogP contribution in [0.1, 0.15) is 48.6 Å². The maximum atomic E-state index is 6.55. The molecule has 3 heteroatoms. The lowest BCUT2D eigenvalue weighted by atomic mass is 9.67. The molecule has 0 atom stereocenters. The highest BCUT2D eigenvalue weighted by Crippen LogP contribution is 2.57. The zero-order valence-corrected chi connectivity index (χ0v) is 32.4. The van der Waals surface area contributed by atoms with Crippen LogP contribution in [0.15, 0.2) is 205 Å². The molecule has 8 aromatic carbocycles. The average molecular weight is 735 g/mol. The summed E-state index contributed by atoms with van der Waals surface area (Å²) in [5, 5.41) is 0. The second-order valence-corrected chi connectivity index (χ2v) is 16.0. The molecular formula is C54H42N2O. The molecule has 0 aliphatic heterocycles. The van der Waals surface area contributed by atoms with E-state index in [0.717, 1.165) is 39.3 Å². The Bertz CT molecular complexity index is 2810. The van der Waals surface area contributed by atoms with Crippen LogP contribution in [-0.4, -0.2) is 4.98 Å². The number of anilines is 3. The van der Waals surface area contributed by atoms with Crippen LogP contribution in [0.4, 0.5) is 17.1 Å². The van der Waals surface area contributed by atoms with Crippen molar-refractivity contribution in [1.82, 2.24) is 4.98 Å². The molecule has 1 aliphatic rings. The van der Waals surface area contributed by atoms with Crippen LogP contribution in [0, 0.1) is 0 Å². The van der Waals surface area contributed by atoms with Gasteiger partial charge in [-0.3, -0.25) is 0 Å². The van der Waals surface area contributed by atoms with Gasteiger partial charge in [0.05, 0.1) is 5.41 Å². The highest BCUT2D eigenvalue weighted by molar-refractivity contribution is 5.91. The maximum absolute atomic E-state index is 6.55. The molecule has 274 valence electrons. The van der Waals surface area contributed by atoms with Crippen LogP contribution < -0.4 is 4.90 Å². The number of nitrogens with zero attached hydrogens (tertiary/aromatic N) is 2. The predicted molar refractivity (Wildman–Crippen MR) is 236 cm³/mol. The van der Waals surface area contributed by atoms with Crippen molar-refractivity contribution < 1.29 is 4.42 Å². The summed E-state index contributed by atoms with van der Waals surface area (Å²) in [6.07, 6.45) is 0. The lowest BCUT2D eigenvalue weighted by Crippen LogP contribution is -2.28. The highest BCUT2D eigenvalue weighted by Gasteiger charge is 2.46. The number of hydrogen-bond acceptors (Lipinski definition) is 3. The number of aromatic nitrogens is 1. The molecule has 0 spiro atoms. The fourth-order valence-corrected chi connectivity index (χ4v) is 8.74. The zero-order chi connectivity index (χ0) is 38.6. The van der Waals surface area contributed by atoms with E-state index in [2.05, 4.69) is 220 Å². The van der Waals surface area contributed by atoms with Gasteiger partial charge in [-0.05, 0) is 104 Å². The normalized spacial score (nSPS) is 13.0. The third kappa shape index (κ3) is 5.86. The van der Waals surface area contributed by atoms with Gasteiger partial charge in [0.1, 0.15) is 5.52 Å². The third-order valence-electron chi connectivity index (χ3n) is 11.6. The summed E-state index contributed by atoms with van der Waals surface area (Å²) in [6.45, 7) is 6.78. The van der Waals surface area contributed by atoms with Crippen LogP contribution in [0.3, 0.4) is 0 Å². The Morgan fingerprint density at radius 3 is 1.65 bits per heavy atom. The number of benzene rings is 8. The number of oxazole rings is 1.